The van der Waals surface area contributed by atoms with Crippen molar-refractivity contribution < 1.29 is 9.53 Å². The summed E-state index contributed by atoms with van der Waals surface area (Å²) in [6.07, 6.45) is 3.52. The van der Waals surface area contributed by atoms with Crippen LogP contribution in [0.4, 0.5) is 10.5 Å². The number of thiazole rings is 1. The molecule has 1 aliphatic heterocycles. The summed E-state index contributed by atoms with van der Waals surface area (Å²) in [6.45, 7) is 6.65. The van der Waals surface area contributed by atoms with Crippen molar-refractivity contribution in [2.45, 2.75) is 20.0 Å². The Bertz CT molecular complexity index is 976. The minimum atomic E-state index is -0.0687. The van der Waals surface area contributed by atoms with Gasteiger partial charge < -0.3 is 15.0 Å². The van der Waals surface area contributed by atoms with E-state index in [0.717, 1.165) is 53.9 Å². The standard InChI is InChI=1S/C21H26N6O2S/c1-3-27-14-17(12-22-27)24-21(28)26-10-8-25(9-11-26)13-18-15-30-20(23-18)16-4-6-19(29-2)7-5-16/h4-7,12,14-15H,3,8-11,13H2,1-2H3,(H,24,28). The average molecular weight is 427 g/mol. The second-order valence-corrected chi connectivity index (χ2v) is 8.01. The Labute approximate surface area is 180 Å². The molecule has 2 aromatic heterocycles. The van der Waals surface area contributed by atoms with E-state index >= 15 is 0 Å². The number of benzene rings is 1. The molecule has 1 aliphatic rings. The molecule has 0 unspecified atom stereocenters. The summed E-state index contributed by atoms with van der Waals surface area (Å²) in [7, 11) is 1.67. The topological polar surface area (TPSA) is 75.5 Å². The zero-order valence-corrected chi connectivity index (χ0v) is 18.1. The van der Waals surface area contributed by atoms with Gasteiger partial charge in [0.05, 0.1) is 24.7 Å². The van der Waals surface area contributed by atoms with Crippen molar-refractivity contribution in [2.75, 3.05) is 38.6 Å². The minimum absolute atomic E-state index is 0.0687. The first-order valence-electron chi connectivity index (χ1n) is 10.0. The molecule has 30 heavy (non-hydrogen) atoms. The number of rotatable bonds is 6. The number of hydrogen-bond donors (Lipinski definition) is 1. The molecule has 1 saturated heterocycles. The Balaban J connectivity index is 1.27. The highest BCUT2D eigenvalue weighted by atomic mass is 32.1. The Morgan fingerprint density at radius 1 is 1.20 bits per heavy atom. The molecule has 0 aliphatic carbocycles. The van der Waals surface area contributed by atoms with Crippen molar-refractivity contribution in [2.24, 2.45) is 0 Å². The monoisotopic (exact) mass is 426 g/mol. The average Bonchev–Trinajstić information content (AvgIpc) is 3.44. The quantitative estimate of drug-likeness (QED) is 0.654. The van der Waals surface area contributed by atoms with Crippen molar-refractivity contribution in [1.29, 1.82) is 0 Å². The molecule has 0 spiro atoms. The van der Waals surface area contributed by atoms with E-state index in [-0.39, 0.29) is 6.03 Å². The van der Waals surface area contributed by atoms with E-state index < -0.39 is 0 Å². The normalized spacial score (nSPS) is 14.7. The number of urea groups is 1. The lowest BCUT2D eigenvalue weighted by Crippen LogP contribution is -2.49. The molecular weight excluding hydrogens is 400 g/mol. The minimum Gasteiger partial charge on any atom is -0.497 e. The SMILES string of the molecule is CCn1cc(NC(=O)N2CCN(Cc3csc(-c4ccc(OC)cc4)n3)CC2)cn1. The van der Waals surface area contributed by atoms with Gasteiger partial charge in [0.25, 0.3) is 0 Å². The molecule has 4 rings (SSSR count). The smallest absolute Gasteiger partial charge is 0.322 e. The van der Waals surface area contributed by atoms with E-state index in [1.807, 2.05) is 42.3 Å². The van der Waals surface area contributed by atoms with Crippen LogP contribution < -0.4 is 10.1 Å². The third kappa shape index (κ3) is 4.80. The van der Waals surface area contributed by atoms with Crippen LogP contribution in [-0.2, 0) is 13.1 Å². The van der Waals surface area contributed by atoms with Crippen LogP contribution in [0.5, 0.6) is 5.75 Å². The molecule has 3 heterocycles. The van der Waals surface area contributed by atoms with Crippen LogP contribution in [0.25, 0.3) is 10.6 Å². The van der Waals surface area contributed by atoms with E-state index in [4.69, 9.17) is 9.72 Å². The Morgan fingerprint density at radius 3 is 2.63 bits per heavy atom. The van der Waals surface area contributed by atoms with Crippen LogP contribution in [0.3, 0.4) is 0 Å². The number of amides is 2. The first-order valence-corrected chi connectivity index (χ1v) is 10.9. The van der Waals surface area contributed by atoms with E-state index in [0.29, 0.717) is 13.1 Å². The first-order chi connectivity index (χ1) is 14.6. The van der Waals surface area contributed by atoms with Crippen LogP contribution in [0.2, 0.25) is 0 Å². The number of aryl methyl sites for hydroxylation is 1. The number of hydrogen-bond acceptors (Lipinski definition) is 6. The molecular formula is C21H26N6O2S. The zero-order chi connectivity index (χ0) is 20.9. The number of piperazine rings is 1. The summed E-state index contributed by atoms with van der Waals surface area (Å²) >= 11 is 1.65. The van der Waals surface area contributed by atoms with Crippen molar-refractivity contribution in [3.8, 4) is 16.3 Å². The third-order valence-electron chi connectivity index (χ3n) is 5.14. The number of anilines is 1. The Kier molecular flexibility index (Phi) is 6.29. The van der Waals surface area contributed by atoms with E-state index in [1.165, 1.54) is 0 Å². The summed E-state index contributed by atoms with van der Waals surface area (Å²) in [5, 5.41) is 10.2. The van der Waals surface area contributed by atoms with Gasteiger partial charge in [-0.2, -0.15) is 5.10 Å². The van der Waals surface area contributed by atoms with Crippen molar-refractivity contribution in [1.82, 2.24) is 24.6 Å². The molecule has 2 amide bonds. The molecule has 9 heteroatoms. The number of aromatic nitrogens is 3. The molecule has 0 atom stereocenters. The fourth-order valence-electron chi connectivity index (χ4n) is 3.39. The lowest BCUT2D eigenvalue weighted by molar-refractivity contribution is 0.142. The van der Waals surface area contributed by atoms with Gasteiger partial charge in [-0.15, -0.1) is 11.3 Å². The van der Waals surface area contributed by atoms with Gasteiger partial charge >= 0.3 is 6.03 Å². The lowest BCUT2D eigenvalue weighted by Gasteiger charge is -2.34. The van der Waals surface area contributed by atoms with Crippen LogP contribution in [0.1, 0.15) is 12.6 Å². The van der Waals surface area contributed by atoms with Gasteiger partial charge in [0.1, 0.15) is 10.8 Å². The highest BCUT2D eigenvalue weighted by Crippen LogP contribution is 2.26. The first kappa shape index (κ1) is 20.4. The maximum absolute atomic E-state index is 12.5. The fraction of sp³-hybridized carbons (Fsp3) is 0.381. The highest BCUT2D eigenvalue weighted by molar-refractivity contribution is 7.13. The second-order valence-electron chi connectivity index (χ2n) is 7.15. The molecule has 1 fully saturated rings. The number of nitrogens with zero attached hydrogens (tertiary/aromatic N) is 5. The van der Waals surface area contributed by atoms with Crippen molar-refractivity contribution in [3.05, 3.63) is 47.7 Å². The molecule has 0 radical (unpaired) electrons. The Hall–Kier alpha value is -2.91. The Morgan fingerprint density at radius 2 is 1.97 bits per heavy atom. The van der Waals surface area contributed by atoms with Crippen LogP contribution in [-0.4, -0.2) is 63.9 Å². The second kappa shape index (κ2) is 9.27. The van der Waals surface area contributed by atoms with Gasteiger partial charge in [-0.3, -0.25) is 9.58 Å². The third-order valence-corrected chi connectivity index (χ3v) is 6.08. The molecule has 8 nitrogen and oxygen atoms in total. The van der Waals surface area contributed by atoms with Gasteiger partial charge in [-0.1, -0.05) is 0 Å². The number of carbonyl (C=O) groups excluding carboxylic acids is 1. The summed E-state index contributed by atoms with van der Waals surface area (Å²) in [5.41, 5.74) is 2.90. The molecule has 0 bridgehead atoms. The van der Waals surface area contributed by atoms with Crippen LogP contribution in [0, 0.1) is 0 Å². The van der Waals surface area contributed by atoms with Gasteiger partial charge in [0.15, 0.2) is 0 Å². The van der Waals surface area contributed by atoms with E-state index in [9.17, 15) is 4.79 Å². The molecule has 158 valence electrons. The molecule has 0 saturated carbocycles. The molecule has 1 N–H and O–H groups in total. The zero-order valence-electron chi connectivity index (χ0n) is 17.2. The highest BCUT2D eigenvalue weighted by Gasteiger charge is 2.22. The fourth-order valence-corrected chi connectivity index (χ4v) is 4.20. The van der Waals surface area contributed by atoms with E-state index in [2.05, 4.69) is 20.7 Å². The van der Waals surface area contributed by atoms with Gasteiger partial charge in [-0.25, -0.2) is 9.78 Å². The summed E-state index contributed by atoms with van der Waals surface area (Å²) in [5.74, 6) is 0.844. The number of methoxy groups -OCH3 is 1. The molecule has 1 aromatic carbocycles. The molecule has 3 aromatic rings. The van der Waals surface area contributed by atoms with Crippen LogP contribution in [0.15, 0.2) is 42.0 Å². The van der Waals surface area contributed by atoms with Crippen molar-refractivity contribution >= 4 is 23.1 Å². The van der Waals surface area contributed by atoms with Gasteiger partial charge in [0, 0.05) is 56.4 Å². The van der Waals surface area contributed by atoms with Crippen LogP contribution >= 0.6 is 11.3 Å². The summed E-state index contributed by atoms with van der Waals surface area (Å²) in [4.78, 5) is 21.4. The predicted octanol–water partition coefficient (Wildman–Crippen LogP) is 3.38. The maximum Gasteiger partial charge on any atom is 0.322 e. The largest absolute Gasteiger partial charge is 0.497 e. The number of ether oxygens (including phenoxy) is 1. The number of nitrogens with one attached hydrogen (secondary N) is 1. The summed E-state index contributed by atoms with van der Waals surface area (Å²) < 4.78 is 7.01. The lowest BCUT2D eigenvalue weighted by atomic mass is 10.2. The predicted molar refractivity (Wildman–Crippen MR) is 118 cm³/mol. The van der Waals surface area contributed by atoms with E-state index in [1.54, 1.807) is 29.3 Å². The van der Waals surface area contributed by atoms with Gasteiger partial charge in [0.2, 0.25) is 0 Å². The van der Waals surface area contributed by atoms with Crippen molar-refractivity contribution in [3.63, 3.8) is 0 Å². The summed E-state index contributed by atoms with van der Waals surface area (Å²) in [6, 6.07) is 7.90. The van der Waals surface area contributed by atoms with Gasteiger partial charge in [-0.05, 0) is 31.2 Å². The number of carbonyl (C=O) groups is 1. The maximum atomic E-state index is 12.5.